The smallest absolute Gasteiger partial charge is 0.303 e. The van der Waals surface area contributed by atoms with Gasteiger partial charge in [0.1, 0.15) is 54.9 Å². The molecular formula is C51H94O16. The quantitative estimate of drug-likeness (QED) is 0.0440. The molecule has 16 atom stereocenters. The Kier molecular flexibility index (Phi) is 29.3. The second kappa shape index (κ2) is 33.5. The molecule has 0 aromatic heterocycles. The molecule has 16 heteroatoms. The molecule has 394 valence electrons. The Morgan fingerprint density at radius 3 is 1.46 bits per heavy atom. The fourth-order valence-electron chi connectivity index (χ4n) is 8.72. The fraction of sp³-hybridized carbons (Fsp3) is 0.980. The van der Waals surface area contributed by atoms with Crippen LogP contribution < -0.4 is 0 Å². The van der Waals surface area contributed by atoms with Crippen LogP contribution in [0.25, 0.3) is 0 Å². The van der Waals surface area contributed by atoms with E-state index in [1.165, 1.54) is 6.92 Å². The van der Waals surface area contributed by atoms with Crippen molar-refractivity contribution in [3.05, 3.63) is 0 Å². The van der Waals surface area contributed by atoms with E-state index in [2.05, 4.69) is 55.4 Å². The molecule has 4 saturated heterocycles. The third-order valence-corrected chi connectivity index (χ3v) is 12.7. The van der Waals surface area contributed by atoms with Gasteiger partial charge in [-0.1, -0.05) is 100 Å². The van der Waals surface area contributed by atoms with E-state index in [1.807, 2.05) is 6.92 Å². The molecule has 0 bridgehead atoms. The number of hydrogen-bond donors (Lipinski definition) is 0. The van der Waals surface area contributed by atoms with Gasteiger partial charge < -0.3 is 71.1 Å². The van der Waals surface area contributed by atoms with E-state index in [4.69, 9.17) is 71.1 Å². The molecule has 67 heavy (non-hydrogen) atoms. The maximum atomic E-state index is 13.1. The molecule has 0 radical (unpaired) electrons. The lowest BCUT2D eigenvalue weighted by Gasteiger charge is -2.53. The second-order valence-corrected chi connectivity index (χ2v) is 18.6. The highest BCUT2D eigenvalue weighted by Gasteiger charge is 2.58. The first-order valence-corrected chi connectivity index (χ1v) is 26.6. The van der Waals surface area contributed by atoms with Crippen LogP contribution in [0, 0.1) is 5.92 Å². The summed E-state index contributed by atoms with van der Waals surface area (Å²) < 4.78 is 99.7. The number of fused-ring (bicyclic) bond motifs is 1. The number of hydrogen-bond acceptors (Lipinski definition) is 16. The lowest BCUT2D eigenvalue weighted by Crippen LogP contribution is -2.69. The third-order valence-electron chi connectivity index (χ3n) is 12.7. The minimum Gasteiger partial charge on any atom is -0.454 e. The molecule has 4 aliphatic rings. The lowest BCUT2D eigenvalue weighted by molar-refractivity contribution is -0.407. The molecule has 4 fully saturated rings. The van der Waals surface area contributed by atoms with Crippen LogP contribution >= 0.6 is 0 Å². The molecule has 16 nitrogen and oxygen atoms in total. The van der Waals surface area contributed by atoms with Gasteiger partial charge in [0.25, 0.3) is 0 Å². The van der Waals surface area contributed by atoms with Crippen molar-refractivity contribution in [2.45, 2.75) is 251 Å². The largest absolute Gasteiger partial charge is 0.454 e. The first kappa shape index (κ1) is 58.5. The number of carbonyl (C=O) groups is 1. The van der Waals surface area contributed by atoms with Crippen LogP contribution in [0.1, 0.15) is 159 Å². The van der Waals surface area contributed by atoms with Crippen LogP contribution in [-0.2, 0) is 75.8 Å². The number of ether oxygens (including phenoxy) is 15. The highest BCUT2D eigenvalue weighted by Crippen LogP contribution is 2.40. The van der Waals surface area contributed by atoms with E-state index in [0.717, 1.165) is 89.9 Å². The van der Waals surface area contributed by atoms with Crippen LogP contribution in [0.2, 0.25) is 0 Å². The molecule has 0 spiro atoms. The van der Waals surface area contributed by atoms with Crippen molar-refractivity contribution >= 4 is 5.97 Å². The zero-order chi connectivity index (χ0) is 48.4. The Morgan fingerprint density at radius 1 is 0.463 bits per heavy atom. The zero-order valence-corrected chi connectivity index (χ0v) is 43.2. The van der Waals surface area contributed by atoms with E-state index >= 15 is 0 Å². The van der Waals surface area contributed by atoms with Gasteiger partial charge >= 0.3 is 5.97 Å². The van der Waals surface area contributed by atoms with E-state index in [0.29, 0.717) is 46.2 Å². The number of esters is 1. The van der Waals surface area contributed by atoms with Crippen molar-refractivity contribution in [1.82, 2.24) is 0 Å². The SMILES string of the molecule is CCCCOCC1O[C@@H](OCCCC)[C@@H](C)C(OCCCC)[C@@H]1O[C@@H]1OC2COC(C)O[C@H]2C(O[C@@H]2OC(COCCCC)[C@H](OCCCC)C(OCCCC)[C@@H]2OC(C)=O)[C@H]1OCCCC. The zero-order valence-electron chi connectivity index (χ0n) is 43.2. The molecule has 0 amide bonds. The summed E-state index contributed by atoms with van der Waals surface area (Å²) in [6.45, 7) is 24.5. The molecule has 0 aromatic rings. The Morgan fingerprint density at radius 2 is 0.910 bits per heavy atom. The van der Waals surface area contributed by atoms with E-state index in [9.17, 15) is 4.79 Å². The number of rotatable bonds is 35. The minimum absolute atomic E-state index is 0.190. The van der Waals surface area contributed by atoms with E-state index in [1.54, 1.807) is 0 Å². The first-order chi connectivity index (χ1) is 32.6. The summed E-state index contributed by atoms with van der Waals surface area (Å²) in [5, 5.41) is 0. The average molecular weight is 963 g/mol. The van der Waals surface area contributed by atoms with Gasteiger partial charge in [-0.3, -0.25) is 4.79 Å². The maximum Gasteiger partial charge on any atom is 0.303 e. The standard InChI is InChI=1S/C51H94O16/c1-11-18-25-53-32-38-42(56-28-21-14-4)45(57-29-22-15-5)48(61-36(9)52)51(64-38)67-46-44-40(34-60-37(10)62-44)65-50(47(46)58-30-23-16-6)66-43-39(33-54-26-19-12-2)63-49(59-31-24-17-7)35(8)41(43)55-27-20-13-3/h35,37-51H,11-34H2,1-10H3/t35-,37?,38?,39?,40?,41?,42-,43+,44+,45?,46?,47+,48-,49+,50-,51-/m0/s1. The predicted octanol–water partition coefficient (Wildman–Crippen LogP) is 8.45. The van der Waals surface area contributed by atoms with Gasteiger partial charge in [-0.05, 0) is 51.9 Å². The molecule has 4 rings (SSSR count). The normalized spacial score (nSPS) is 34.5. The van der Waals surface area contributed by atoms with E-state index < -0.39 is 98.3 Å². The molecule has 0 aliphatic carbocycles. The Labute approximate surface area is 404 Å². The van der Waals surface area contributed by atoms with Crippen LogP contribution in [0.15, 0.2) is 0 Å². The van der Waals surface area contributed by atoms with Crippen molar-refractivity contribution in [3.63, 3.8) is 0 Å². The van der Waals surface area contributed by atoms with Crippen molar-refractivity contribution in [1.29, 1.82) is 0 Å². The third kappa shape index (κ3) is 18.8. The van der Waals surface area contributed by atoms with Gasteiger partial charge in [0.2, 0.25) is 0 Å². The first-order valence-electron chi connectivity index (χ1n) is 26.6. The molecular weight excluding hydrogens is 869 g/mol. The molecule has 0 N–H and O–H groups in total. The Bertz CT molecular complexity index is 1270. The monoisotopic (exact) mass is 963 g/mol. The number of carbonyl (C=O) groups excluding carboxylic acids is 1. The summed E-state index contributed by atoms with van der Waals surface area (Å²) >= 11 is 0. The Hall–Kier alpha value is -1.09. The average Bonchev–Trinajstić information content (AvgIpc) is 3.31. The van der Waals surface area contributed by atoms with Crippen LogP contribution in [0.4, 0.5) is 0 Å². The van der Waals surface area contributed by atoms with Crippen LogP contribution in [0.3, 0.4) is 0 Å². The highest BCUT2D eigenvalue weighted by atomic mass is 16.8. The summed E-state index contributed by atoms with van der Waals surface area (Å²) in [7, 11) is 0. The maximum absolute atomic E-state index is 13.1. The summed E-state index contributed by atoms with van der Waals surface area (Å²) in [5.74, 6) is -0.692. The number of unbranched alkanes of at least 4 members (excludes halogenated alkanes) is 7. The lowest BCUT2D eigenvalue weighted by atomic mass is 9.91. The van der Waals surface area contributed by atoms with Crippen molar-refractivity contribution in [2.75, 3.05) is 66.1 Å². The summed E-state index contributed by atoms with van der Waals surface area (Å²) in [6, 6.07) is 0. The summed E-state index contributed by atoms with van der Waals surface area (Å²) in [4.78, 5) is 13.1. The topological polar surface area (TPSA) is 156 Å². The minimum atomic E-state index is -1.14. The van der Waals surface area contributed by atoms with Crippen molar-refractivity contribution < 1.29 is 75.8 Å². The van der Waals surface area contributed by atoms with Gasteiger partial charge in [0.05, 0.1) is 25.9 Å². The summed E-state index contributed by atoms with van der Waals surface area (Å²) in [5.41, 5.74) is 0. The van der Waals surface area contributed by atoms with Crippen molar-refractivity contribution in [3.8, 4) is 0 Å². The van der Waals surface area contributed by atoms with Gasteiger partial charge in [-0.25, -0.2) is 0 Å². The van der Waals surface area contributed by atoms with Gasteiger partial charge in [0, 0.05) is 59.1 Å². The molecule has 0 aromatic carbocycles. The predicted molar refractivity (Wildman–Crippen MR) is 252 cm³/mol. The van der Waals surface area contributed by atoms with Gasteiger partial charge in [-0.2, -0.15) is 0 Å². The van der Waals surface area contributed by atoms with Gasteiger partial charge in [0.15, 0.2) is 31.3 Å². The van der Waals surface area contributed by atoms with E-state index in [-0.39, 0.29) is 25.7 Å². The fourth-order valence-corrected chi connectivity index (χ4v) is 8.72. The van der Waals surface area contributed by atoms with Crippen LogP contribution in [0.5, 0.6) is 0 Å². The molecule has 4 heterocycles. The van der Waals surface area contributed by atoms with Crippen molar-refractivity contribution in [2.24, 2.45) is 5.92 Å². The molecule has 7 unspecified atom stereocenters. The molecule has 0 saturated carbocycles. The highest BCUT2D eigenvalue weighted by molar-refractivity contribution is 5.66. The van der Waals surface area contributed by atoms with Crippen LogP contribution in [-0.4, -0.2) is 164 Å². The second-order valence-electron chi connectivity index (χ2n) is 18.6. The van der Waals surface area contributed by atoms with Gasteiger partial charge in [-0.15, -0.1) is 0 Å². The summed E-state index contributed by atoms with van der Waals surface area (Å²) in [6.07, 6.45) is 1.87. The molecule has 4 aliphatic heterocycles. The Balaban J connectivity index is 1.79.